The molecule has 0 aliphatic carbocycles. The van der Waals surface area contributed by atoms with Gasteiger partial charge in [-0.25, -0.2) is 5.01 Å². The summed E-state index contributed by atoms with van der Waals surface area (Å²) in [5.41, 5.74) is 0. The summed E-state index contributed by atoms with van der Waals surface area (Å²) in [6, 6.07) is -0.450. The highest BCUT2D eigenvalue weighted by atomic mass is 16.4. The minimum atomic E-state index is -0.804. The number of carboxylic acids is 1. The molecule has 4 nitrogen and oxygen atoms in total. The average molecular weight is 144 g/mol. The maximum Gasteiger partial charge on any atom is 0.322 e. The molecule has 10 heavy (non-hydrogen) atoms. The van der Waals surface area contributed by atoms with Crippen molar-refractivity contribution in [1.29, 1.82) is 0 Å². The van der Waals surface area contributed by atoms with E-state index in [1.54, 1.807) is 0 Å². The summed E-state index contributed by atoms with van der Waals surface area (Å²) < 4.78 is 0. The number of hydrogen-bond donors (Lipinski definition) is 2. The zero-order valence-corrected chi connectivity index (χ0v) is 5.79. The first-order valence-electron chi connectivity index (χ1n) is 3.46. The number of nitrogens with zero attached hydrogens (tertiary/aromatic N) is 1. The van der Waals surface area contributed by atoms with E-state index in [1.807, 2.05) is 0 Å². The lowest BCUT2D eigenvalue weighted by Crippen LogP contribution is -2.48. The summed E-state index contributed by atoms with van der Waals surface area (Å²) in [7, 11) is 0. The number of aliphatic carboxylic acids is 1. The minimum Gasteiger partial charge on any atom is -0.480 e. The molecule has 58 valence electrons. The van der Waals surface area contributed by atoms with E-state index in [9.17, 15) is 4.79 Å². The first-order valence-corrected chi connectivity index (χ1v) is 3.46. The lowest BCUT2D eigenvalue weighted by atomic mass is 10.0. The highest BCUT2D eigenvalue weighted by Gasteiger charge is 2.25. The number of piperidine rings is 1. The zero-order chi connectivity index (χ0) is 7.56. The van der Waals surface area contributed by atoms with Crippen molar-refractivity contribution in [2.45, 2.75) is 25.3 Å². The molecular formula is C6H12N2O2. The van der Waals surface area contributed by atoms with Gasteiger partial charge in [0.25, 0.3) is 0 Å². The first kappa shape index (κ1) is 7.50. The third-order valence-corrected chi connectivity index (χ3v) is 1.83. The smallest absolute Gasteiger partial charge is 0.322 e. The van der Waals surface area contributed by atoms with Crippen molar-refractivity contribution in [3.8, 4) is 0 Å². The van der Waals surface area contributed by atoms with Crippen LogP contribution in [0.2, 0.25) is 0 Å². The molecule has 1 aliphatic heterocycles. The van der Waals surface area contributed by atoms with E-state index in [2.05, 4.69) is 0 Å². The average Bonchev–Trinajstić information content (AvgIpc) is 1.88. The molecule has 4 heteroatoms. The molecule has 0 amide bonds. The third kappa shape index (κ3) is 1.46. The van der Waals surface area contributed by atoms with E-state index in [0.29, 0.717) is 13.0 Å². The van der Waals surface area contributed by atoms with E-state index >= 15 is 0 Å². The molecule has 0 saturated carbocycles. The van der Waals surface area contributed by atoms with Gasteiger partial charge in [0, 0.05) is 6.54 Å². The minimum absolute atomic E-state index is 0.450. The second-order valence-corrected chi connectivity index (χ2v) is 2.59. The molecule has 0 radical (unpaired) electrons. The van der Waals surface area contributed by atoms with Crippen molar-refractivity contribution in [2.24, 2.45) is 5.84 Å². The molecule has 0 unspecified atom stereocenters. The van der Waals surface area contributed by atoms with Crippen LogP contribution in [-0.4, -0.2) is 28.7 Å². The molecule has 1 heterocycles. The predicted octanol–water partition coefficient (Wildman–Crippen LogP) is -0.201. The Bertz CT molecular complexity index is 138. The zero-order valence-electron chi connectivity index (χ0n) is 5.79. The van der Waals surface area contributed by atoms with Crippen LogP contribution in [0.3, 0.4) is 0 Å². The van der Waals surface area contributed by atoms with Gasteiger partial charge in [0.2, 0.25) is 0 Å². The summed E-state index contributed by atoms with van der Waals surface area (Å²) in [4.78, 5) is 10.4. The van der Waals surface area contributed by atoms with Gasteiger partial charge in [0.05, 0.1) is 0 Å². The lowest BCUT2D eigenvalue weighted by Gasteiger charge is -2.28. The van der Waals surface area contributed by atoms with Crippen LogP contribution < -0.4 is 5.84 Å². The van der Waals surface area contributed by atoms with Crippen molar-refractivity contribution in [1.82, 2.24) is 5.01 Å². The lowest BCUT2D eigenvalue weighted by molar-refractivity contribution is -0.144. The standard InChI is InChI=1S/C6H12N2O2/c7-8-4-2-1-3-5(8)6(9)10/h5H,1-4,7H2,(H,9,10)/t5-/m0/s1. The second-order valence-electron chi connectivity index (χ2n) is 2.59. The van der Waals surface area contributed by atoms with Gasteiger partial charge in [-0.05, 0) is 19.3 Å². The van der Waals surface area contributed by atoms with Gasteiger partial charge in [-0.2, -0.15) is 0 Å². The SMILES string of the molecule is NN1CCCC[C@H]1C(=O)O. The number of hydrazine groups is 1. The third-order valence-electron chi connectivity index (χ3n) is 1.83. The van der Waals surface area contributed by atoms with E-state index in [0.717, 1.165) is 12.8 Å². The van der Waals surface area contributed by atoms with Crippen molar-refractivity contribution in [3.05, 3.63) is 0 Å². The fourth-order valence-electron chi connectivity index (χ4n) is 1.22. The summed E-state index contributed by atoms with van der Waals surface area (Å²) in [6.45, 7) is 0.705. The van der Waals surface area contributed by atoms with Gasteiger partial charge in [-0.1, -0.05) is 0 Å². The van der Waals surface area contributed by atoms with Crippen LogP contribution >= 0.6 is 0 Å². The summed E-state index contributed by atoms with van der Waals surface area (Å²) in [5, 5.41) is 10.00. The van der Waals surface area contributed by atoms with Crippen LogP contribution in [0, 0.1) is 0 Å². The molecule has 1 aliphatic rings. The second kappa shape index (κ2) is 2.98. The van der Waals surface area contributed by atoms with E-state index in [4.69, 9.17) is 10.9 Å². The molecule has 1 atom stereocenters. The Morgan fingerprint density at radius 2 is 2.30 bits per heavy atom. The van der Waals surface area contributed by atoms with Crippen LogP contribution in [0.4, 0.5) is 0 Å². The number of nitrogens with two attached hydrogens (primary N) is 1. The van der Waals surface area contributed by atoms with E-state index < -0.39 is 12.0 Å². The maximum atomic E-state index is 10.4. The van der Waals surface area contributed by atoms with Gasteiger partial charge in [0.1, 0.15) is 6.04 Å². The maximum absolute atomic E-state index is 10.4. The Morgan fingerprint density at radius 3 is 2.70 bits per heavy atom. The molecule has 0 aromatic heterocycles. The molecule has 1 saturated heterocycles. The molecule has 1 fully saturated rings. The highest BCUT2D eigenvalue weighted by Crippen LogP contribution is 2.12. The van der Waals surface area contributed by atoms with Gasteiger partial charge in [-0.3, -0.25) is 10.6 Å². The summed E-state index contributed by atoms with van der Waals surface area (Å²) in [5.74, 6) is 4.63. The molecule has 1 rings (SSSR count). The van der Waals surface area contributed by atoms with Gasteiger partial charge < -0.3 is 5.11 Å². The van der Waals surface area contributed by atoms with Crippen molar-refractivity contribution >= 4 is 5.97 Å². The molecule has 0 bridgehead atoms. The predicted molar refractivity (Wildman–Crippen MR) is 36.2 cm³/mol. The number of rotatable bonds is 1. The Labute approximate surface area is 59.6 Å². The molecular weight excluding hydrogens is 132 g/mol. The van der Waals surface area contributed by atoms with Crippen LogP contribution in [0.15, 0.2) is 0 Å². The first-order chi connectivity index (χ1) is 4.72. The summed E-state index contributed by atoms with van der Waals surface area (Å²) in [6.07, 6.45) is 2.68. The van der Waals surface area contributed by atoms with Gasteiger partial charge >= 0.3 is 5.97 Å². The van der Waals surface area contributed by atoms with Crippen LogP contribution in [0.1, 0.15) is 19.3 Å². The normalized spacial score (nSPS) is 28.3. The quantitative estimate of drug-likeness (QED) is 0.500. The Kier molecular flexibility index (Phi) is 2.24. The summed E-state index contributed by atoms with van der Waals surface area (Å²) >= 11 is 0. The van der Waals surface area contributed by atoms with Gasteiger partial charge in [0.15, 0.2) is 0 Å². The van der Waals surface area contributed by atoms with Crippen molar-refractivity contribution < 1.29 is 9.90 Å². The fraction of sp³-hybridized carbons (Fsp3) is 0.833. The molecule has 0 aromatic rings. The Hall–Kier alpha value is -0.610. The topological polar surface area (TPSA) is 66.6 Å². The van der Waals surface area contributed by atoms with Crippen LogP contribution in [0.25, 0.3) is 0 Å². The van der Waals surface area contributed by atoms with Crippen molar-refractivity contribution in [3.63, 3.8) is 0 Å². The van der Waals surface area contributed by atoms with Crippen LogP contribution in [-0.2, 0) is 4.79 Å². The monoisotopic (exact) mass is 144 g/mol. The molecule has 0 aromatic carbocycles. The highest BCUT2D eigenvalue weighted by molar-refractivity contribution is 5.73. The number of hydrogen-bond acceptors (Lipinski definition) is 3. The fourth-order valence-corrected chi connectivity index (χ4v) is 1.22. The Balaban J connectivity index is 2.47. The van der Waals surface area contributed by atoms with E-state index in [1.165, 1.54) is 5.01 Å². The number of carboxylic acid groups (broad SMARTS) is 1. The van der Waals surface area contributed by atoms with Crippen LogP contribution in [0.5, 0.6) is 0 Å². The molecule has 3 N–H and O–H groups in total. The van der Waals surface area contributed by atoms with E-state index in [-0.39, 0.29) is 0 Å². The number of carbonyl (C=O) groups is 1. The van der Waals surface area contributed by atoms with Crippen molar-refractivity contribution in [2.75, 3.05) is 6.54 Å². The largest absolute Gasteiger partial charge is 0.480 e. The van der Waals surface area contributed by atoms with Gasteiger partial charge in [-0.15, -0.1) is 0 Å². The Morgan fingerprint density at radius 1 is 1.60 bits per heavy atom. The molecule has 0 spiro atoms.